The van der Waals surface area contributed by atoms with Crippen molar-refractivity contribution >= 4 is 54.8 Å². The molecule has 0 aliphatic rings. The summed E-state index contributed by atoms with van der Waals surface area (Å²) in [6, 6.07) is 6.51. The fraction of sp³-hybridized carbons (Fsp3) is 0. The number of rotatable bonds is 6. The maximum absolute atomic E-state index is 12.0. The molecule has 15 heteroatoms. The number of halogens is 6. The van der Waals surface area contributed by atoms with Gasteiger partial charge in [0.1, 0.15) is 0 Å². The Balaban J connectivity index is 0.000000562. The fourth-order valence-electron chi connectivity index (χ4n) is 1.90. The first kappa shape index (κ1) is 27.0. The zero-order chi connectivity index (χ0) is 23.2. The van der Waals surface area contributed by atoms with Gasteiger partial charge in [0.05, 0.1) is 11.6 Å². The van der Waals surface area contributed by atoms with E-state index in [4.69, 9.17) is 0 Å². The quantitative estimate of drug-likeness (QED) is 0.117. The predicted molar refractivity (Wildman–Crippen MR) is 101 cm³/mol. The molecule has 0 amide bonds. The molecular formula is C16H6Br2F4N2O6Rf-2. The number of hydrogen-bond acceptors (Lipinski definition) is 6. The van der Waals surface area contributed by atoms with Gasteiger partial charge in [-0.3, -0.25) is 37.8 Å². The van der Waals surface area contributed by atoms with Crippen LogP contribution in [-0.2, 0) is 0 Å². The maximum Gasteiger partial charge on any atom is 0.204 e. The summed E-state index contributed by atoms with van der Waals surface area (Å²) in [5.74, 6) is -3.26. The van der Waals surface area contributed by atoms with Crippen molar-refractivity contribution in [3.63, 3.8) is 0 Å². The van der Waals surface area contributed by atoms with Gasteiger partial charge in [-0.05, 0) is 11.1 Å². The largest absolute Gasteiger partial charge is 0.326 e. The van der Waals surface area contributed by atoms with Crippen molar-refractivity contribution in [2.24, 2.45) is 0 Å². The van der Waals surface area contributed by atoms with Crippen LogP contribution < -0.4 is 0 Å². The number of nitro groups is 2. The van der Waals surface area contributed by atoms with Crippen LogP contribution in [0.4, 0.5) is 28.9 Å². The molecule has 0 fully saturated rings. The number of benzene rings is 2. The third kappa shape index (κ3) is 7.08. The van der Waals surface area contributed by atoms with Gasteiger partial charge in [-0.25, -0.2) is 0 Å². The van der Waals surface area contributed by atoms with Crippen molar-refractivity contribution in [1.82, 2.24) is 0 Å². The van der Waals surface area contributed by atoms with Crippen LogP contribution in [0, 0.1) is 33.1 Å². The smallest absolute Gasteiger partial charge is 0.204 e. The number of Topliss-reactive ketones (excluding diaryl/α,β-unsaturated/α-hetero) is 2. The van der Waals surface area contributed by atoms with Crippen molar-refractivity contribution in [3.8, 4) is 0 Å². The Morgan fingerprint density at radius 2 is 1.03 bits per heavy atom. The predicted octanol–water partition coefficient (Wildman–Crippen LogP) is 5.94. The molecule has 0 unspecified atom stereocenters. The third-order valence-corrected chi connectivity index (χ3v) is 4.13. The first-order chi connectivity index (χ1) is 13.9. The summed E-state index contributed by atoms with van der Waals surface area (Å²) < 4.78 is 48.6. The van der Waals surface area contributed by atoms with Crippen molar-refractivity contribution in [1.29, 1.82) is 0 Å². The van der Waals surface area contributed by atoms with Crippen LogP contribution in [0.5, 0.6) is 0 Å². The van der Waals surface area contributed by atoms with E-state index in [2.05, 4.69) is 31.9 Å². The van der Waals surface area contributed by atoms with E-state index in [1.807, 2.05) is 0 Å². The summed E-state index contributed by atoms with van der Waals surface area (Å²) in [7, 11) is 0. The van der Waals surface area contributed by atoms with Crippen LogP contribution in [0.3, 0.4) is 0 Å². The van der Waals surface area contributed by atoms with Crippen molar-refractivity contribution in [2.45, 2.75) is 0 Å². The van der Waals surface area contributed by atoms with Gasteiger partial charge < -0.3 is 9.59 Å². The van der Waals surface area contributed by atoms with E-state index in [0.29, 0.717) is 8.95 Å². The number of carbonyl (C=O) groups excluding carboxylic acids is 2. The van der Waals surface area contributed by atoms with Gasteiger partial charge in [0, 0.05) is 30.9 Å². The second-order valence-electron chi connectivity index (χ2n) is 5.02. The van der Waals surface area contributed by atoms with Crippen LogP contribution in [0.1, 0.15) is 20.7 Å². The van der Waals surface area contributed by atoms with Gasteiger partial charge in [0.15, 0.2) is 12.9 Å². The molecule has 0 aliphatic heterocycles. The average Bonchev–Trinajstić information content (AvgIpc) is 2.67. The van der Waals surface area contributed by atoms with Crippen LogP contribution in [0.25, 0.3) is 0 Å². The number of nitro benzene ring substituents is 2. The minimum Gasteiger partial charge on any atom is -0.326 e. The molecule has 2 aromatic rings. The molecule has 0 atom stereocenters. The molecule has 2 aromatic carbocycles. The van der Waals surface area contributed by atoms with E-state index < -0.39 is 56.8 Å². The summed E-state index contributed by atoms with van der Waals surface area (Å²) >= 11 is 5.88. The van der Waals surface area contributed by atoms with Crippen molar-refractivity contribution in [2.75, 3.05) is 0 Å². The molecule has 0 N–H and O–H groups in total. The molecule has 0 radical (unpaired) electrons. The third-order valence-electron chi connectivity index (χ3n) is 3.15. The Hall–Kier alpha value is -4.00. The van der Waals surface area contributed by atoms with E-state index >= 15 is 0 Å². The monoisotopic (exact) mass is 823 g/mol. The van der Waals surface area contributed by atoms with Gasteiger partial charge >= 0.3 is 0 Å². The Bertz CT molecular complexity index is 931. The first-order valence-corrected chi connectivity index (χ1v) is 8.78. The van der Waals surface area contributed by atoms with Gasteiger partial charge in [0.25, 0.3) is 0 Å². The average molecular weight is 825 g/mol. The number of ketones is 2. The summed E-state index contributed by atoms with van der Waals surface area (Å²) in [4.78, 5) is 40.9. The van der Waals surface area contributed by atoms with Crippen LogP contribution in [0.15, 0.2) is 45.3 Å². The van der Waals surface area contributed by atoms with Gasteiger partial charge in [0.2, 0.25) is 11.4 Å². The molecule has 8 nitrogen and oxygen atoms in total. The minimum atomic E-state index is -2.47. The topological polar surface area (TPSA) is 120 Å². The standard InChI is InChI=1S/2C8H3BrF2NO3.Rf/c2*9-4-1-2-5(7(13)8(10)11)6(3-4)12(14)15;/h2*1-3H;/q2*-1;. The van der Waals surface area contributed by atoms with Gasteiger partial charge in [-0.15, -0.1) is 12.1 Å². The van der Waals surface area contributed by atoms with E-state index in [-0.39, 0.29) is 0 Å². The number of hydrogen-bond donors (Lipinski definition) is 0. The molecule has 2 rings (SSSR count). The number of carbonyl (C=O) groups is 2. The first-order valence-electron chi connectivity index (χ1n) is 7.20. The van der Waals surface area contributed by atoms with E-state index in [9.17, 15) is 47.4 Å². The van der Waals surface area contributed by atoms with Gasteiger partial charge in [-0.1, -0.05) is 44.0 Å². The summed E-state index contributed by atoms with van der Waals surface area (Å²) in [6.07, 6.45) is -4.94. The molecule has 31 heavy (non-hydrogen) atoms. The van der Waals surface area contributed by atoms with Gasteiger partial charge in [-0.2, -0.15) is 0 Å². The minimum absolute atomic E-state index is 0. The van der Waals surface area contributed by atoms with Crippen molar-refractivity contribution in [3.05, 3.63) is 89.6 Å². The Kier molecular flexibility index (Phi) is 9.80. The second kappa shape index (κ2) is 11.3. The van der Waals surface area contributed by atoms with Crippen LogP contribution in [0.2, 0.25) is 0 Å². The van der Waals surface area contributed by atoms with E-state index in [1.165, 1.54) is 12.1 Å². The summed E-state index contributed by atoms with van der Waals surface area (Å²) in [5, 5.41) is 21.0. The fourth-order valence-corrected chi connectivity index (χ4v) is 2.60. The molecule has 162 valence electrons. The molecule has 0 saturated heterocycles. The maximum atomic E-state index is 12.0. The SMILES string of the molecule is O=C(c1ccc(Br)cc1[N+](=O)[O-])[C-](F)F.O=C(c1ccc(Br)cc1[N+](=O)[O-])[C-](F)F.[Rf]. The Morgan fingerprint density at radius 3 is 1.26 bits per heavy atom. The summed E-state index contributed by atoms with van der Waals surface area (Å²) in [6.45, 7) is 0. The molecule has 0 spiro atoms. The van der Waals surface area contributed by atoms with Crippen LogP contribution in [-0.4, -0.2) is 21.4 Å². The Morgan fingerprint density at radius 1 is 0.742 bits per heavy atom. The summed E-state index contributed by atoms with van der Waals surface area (Å²) in [5.41, 5.74) is -2.55. The van der Waals surface area contributed by atoms with E-state index in [0.717, 1.165) is 24.3 Å². The Labute approximate surface area is 181 Å². The van der Waals surface area contributed by atoms with Crippen molar-refractivity contribution < 1.29 is 37.0 Å². The molecule has 0 saturated carbocycles. The molecule has 0 bridgehead atoms. The molecular weight excluding hydrogens is 819 g/mol. The number of nitrogens with zero attached hydrogens (tertiary/aromatic N) is 2. The molecule has 0 heterocycles. The molecule has 0 aliphatic carbocycles. The normalized spacial score (nSPS) is 9.48. The zero-order valence-electron chi connectivity index (χ0n) is 14.8. The second-order valence-corrected chi connectivity index (χ2v) is 6.85. The zero-order valence-corrected chi connectivity index (χ0v) is 24.4. The van der Waals surface area contributed by atoms with Crippen LogP contribution >= 0.6 is 31.9 Å². The van der Waals surface area contributed by atoms with E-state index in [1.54, 1.807) is 0 Å². The molecule has 0 aromatic heterocycles.